The van der Waals surface area contributed by atoms with Gasteiger partial charge in [-0.2, -0.15) is 8.78 Å². The lowest BCUT2D eigenvalue weighted by Crippen LogP contribution is -2.28. The maximum absolute atomic E-state index is 13.8. The van der Waals surface area contributed by atoms with E-state index in [9.17, 15) is 26.7 Å². The van der Waals surface area contributed by atoms with Crippen LogP contribution in [0.3, 0.4) is 0 Å². The van der Waals surface area contributed by atoms with Crippen LogP contribution < -0.4 is 4.74 Å². The van der Waals surface area contributed by atoms with Gasteiger partial charge in [-0.05, 0) is 36.8 Å². The maximum atomic E-state index is 13.8. The van der Waals surface area contributed by atoms with Crippen LogP contribution in [0.2, 0.25) is 5.02 Å². The summed E-state index contributed by atoms with van der Waals surface area (Å²) in [5.41, 5.74) is -0.416. The summed E-state index contributed by atoms with van der Waals surface area (Å²) < 4.78 is 70.0. The topological polar surface area (TPSA) is 63.6 Å². The molecule has 1 N–H and O–H groups in total. The Hall–Kier alpha value is -1.77. The largest absolute Gasteiger partial charge is 0.457 e. The molecule has 0 spiro atoms. The van der Waals surface area contributed by atoms with Crippen molar-refractivity contribution in [2.45, 2.75) is 23.2 Å². The van der Waals surface area contributed by atoms with Gasteiger partial charge in [0.15, 0.2) is 6.10 Å². The molecule has 24 heavy (non-hydrogen) atoms. The molecule has 0 aromatic heterocycles. The molecule has 4 nitrogen and oxygen atoms in total. The Morgan fingerprint density at radius 2 is 1.92 bits per heavy atom. The van der Waals surface area contributed by atoms with Gasteiger partial charge in [0.05, 0.1) is 4.90 Å². The van der Waals surface area contributed by atoms with E-state index in [-0.39, 0.29) is 22.1 Å². The van der Waals surface area contributed by atoms with Gasteiger partial charge in [0.25, 0.3) is 0 Å². The fourth-order valence-corrected chi connectivity index (χ4v) is 4.26. The number of alkyl halides is 2. The standard InChI is InChI=1S/C15H10ClF3O4S/c1-7-11(23-10-5-8(16)4-9(17)6-10)2-3-12-13(7)14(20)15(18,19)24(12,21)22/h2-6,14,20H,1H3/t14-/m1/s1. The van der Waals surface area contributed by atoms with Crippen LogP contribution in [0.25, 0.3) is 0 Å². The third-order valence-electron chi connectivity index (χ3n) is 3.73. The molecule has 0 unspecified atom stereocenters. The Morgan fingerprint density at radius 1 is 1.25 bits per heavy atom. The third kappa shape index (κ3) is 2.37. The van der Waals surface area contributed by atoms with Gasteiger partial charge in [-0.15, -0.1) is 0 Å². The first-order chi connectivity index (χ1) is 11.1. The smallest absolute Gasteiger partial charge is 0.379 e. The Kier molecular flexibility index (Phi) is 3.82. The van der Waals surface area contributed by atoms with E-state index in [1.165, 1.54) is 19.1 Å². The van der Waals surface area contributed by atoms with E-state index >= 15 is 0 Å². The average molecular weight is 379 g/mol. The molecule has 3 rings (SSSR count). The molecule has 1 atom stereocenters. The highest BCUT2D eigenvalue weighted by Gasteiger charge is 2.61. The van der Waals surface area contributed by atoms with Crippen molar-refractivity contribution in [1.82, 2.24) is 0 Å². The second kappa shape index (κ2) is 5.37. The summed E-state index contributed by atoms with van der Waals surface area (Å²) in [7, 11) is -4.98. The number of ether oxygens (including phenoxy) is 1. The summed E-state index contributed by atoms with van der Waals surface area (Å²) in [6.45, 7) is 1.33. The summed E-state index contributed by atoms with van der Waals surface area (Å²) in [5, 5.41) is 5.49. The molecular formula is C15H10ClF3O4S. The van der Waals surface area contributed by atoms with E-state index in [0.29, 0.717) is 0 Å². The first kappa shape index (κ1) is 17.1. The Labute approximate surface area is 140 Å². The molecule has 0 saturated heterocycles. The quantitative estimate of drug-likeness (QED) is 0.858. The Morgan fingerprint density at radius 3 is 2.54 bits per heavy atom. The minimum atomic E-state index is -4.98. The first-order valence-corrected chi connectivity index (χ1v) is 8.50. The zero-order valence-electron chi connectivity index (χ0n) is 12.1. The fourth-order valence-electron chi connectivity index (χ4n) is 2.54. The molecule has 1 aliphatic heterocycles. The van der Waals surface area contributed by atoms with Gasteiger partial charge in [0.2, 0.25) is 9.84 Å². The number of hydrogen-bond donors (Lipinski definition) is 1. The molecule has 0 radical (unpaired) electrons. The average Bonchev–Trinajstić information content (AvgIpc) is 2.59. The highest BCUT2D eigenvalue weighted by molar-refractivity contribution is 7.92. The minimum absolute atomic E-state index is 0.00219. The molecule has 0 amide bonds. The van der Waals surface area contributed by atoms with Crippen LogP contribution in [0.4, 0.5) is 13.2 Å². The normalized spacial score (nSPS) is 20.7. The van der Waals surface area contributed by atoms with Crippen molar-refractivity contribution in [3.8, 4) is 11.5 Å². The molecular weight excluding hydrogens is 369 g/mol. The van der Waals surface area contributed by atoms with E-state index in [1.807, 2.05) is 0 Å². The number of sulfone groups is 1. The highest BCUT2D eigenvalue weighted by Crippen LogP contribution is 2.51. The predicted octanol–water partition coefficient (Wildman–Crippen LogP) is 3.99. The molecule has 0 saturated carbocycles. The van der Waals surface area contributed by atoms with Gasteiger partial charge >= 0.3 is 5.25 Å². The van der Waals surface area contributed by atoms with Crippen LogP contribution in [0.5, 0.6) is 11.5 Å². The number of aliphatic hydroxyl groups excluding tert-OH is 1. The van der Waals surface area contributed by atoms with Crippen molar-refractivity contribution >= 4 is 21.4 Å². The van der Waals surface area contributed by atoms with Crippen LogP contribution in [0.1, 0.15) is 17.2 Å². The number of benzene rings is 2. The van der Waals surface area contributed by atoms with E-state index in [0.717, 1.165) is 18.2 Å². The maximum Gasteiger partial charge on any atom is 0.379 e. The molecule has 0 fully saturated rings. The molecule has 9 heteroatoms. The van der Waals surface area contributed by atoms with Gasteiger partial charge in [0.1, 0.15) is 17.3 Å². The second-order valence-corrected chi connectivity index (χ2v) is 7.70. The number of aliphatic hydroxyl groups is 1. The molecule has 0 aliphatic carbocycles. The van der Waals surface area contributed by atoms with Gasteiger partial charge in [-0.3, -0.25) is 0 Å². The van der Waals surface area contributed by atoms with Gasteiger partial charge in [0, 0.05) is 16.7 Å². The van der Waals surface area contributed by atoms with Crippen molar-refractivity contribution in [1.29, 1.82) is 0 Å². The Balaban J connectivity index is 2.11. The minimum Gasteiger partial charge on any atom is -0.457 e. The number of hydrogen-bond acceptors (Lipinski definition) is 4. The van der Waals surface area contributed by atoms with E-state index in [1.54, 1.807) is 0 Å². The van der Waals surface area contributed by atoms with Crippen LogP contribution in [-0.2, 0) is 9.84 Å². The first-order valence-electron chi connectivity index (χ1n) is 6.63. The zero-order valence-corrected chi connectivity index (χ0v) is 13.6. The molecule has 1 aliphatic rings. The van der Waals surface area contributed by atoms with Crippen molar-refractivity contribution in [2.75, 3.05) is 0 Å². The molecule has 0 bridgehead atoms. The lowest BCUT2D eigenvalue weighted by Gasteiger charge is -2.15. The highest BCUT2D eigenvalue weighted by atomic mass is 35.5. The number of halogens is 4. The van der Waals surface area contributed by atoms with Gasteiger partial charge in [-0.25, -0.2) is 12.8 Å². The summed E-state index contributed by atoms with van der Waals surface area (Å²) in [6.07, 6.45) is -2.50. The van der Waals surface area contributed by atoms with Crippen LogP contribution in [-0.4, -0.2) is 18.8 Å². The zero-order chi connectivity index (χ0) is 17.9. The van der Waals surface area contributed by atoms with Crippen LogP contribution >= 0.6 is 11.6 Å². The van der Waals surface area contributed by atoms with Crippen LogP contribution in [0, 0.1) is 12.7 Å². The molecule has 2 aromatic carbocycles. The SMILES string of the molecule is Cc1c(Oc2cc(F)cc(Cl)c2)ccc2c1[C@@H](O)C(F)(F)S2(=O)=O. The third-order valence-corrected chi connectivity index (χ3v) is 5.82. The second-order valence-electron chi connectivity index (χ2n) is 5.28. The summed E-state index contributed by atoms with van der Waals surface area (Å²) in [6, 6.07) is 5.48. The monoisotopic (exact) mass is 378 g/mol. The van der Waals surface area contributed by atoms with Crippen LogP contribution in [0.15, 0.2) is 35.2 Å². The molecule has 128 valence electrons. The summed E-state index contributed by atoms with van der Waals surface area (Å²) >= 11 is 5.71. The predicted molar refractivity (Wildman–Crippen MR) is 79.8 cm³/mol. The van der Waals surface area contributed by atoms with Gasteiger partial charge in [-0.1, -0.05) is 11.6 Å². The van der Waals surface area contributed by atoms with Crippen molar-refractivity contribution in [2.24, 2.45) is 0 Å². The lowest BCUT2D eigenvalue weighted by atomic mass is 10.0. The number of fused-ring (bicyclic) bond motifs is 1. The Bertz CT molecular complexity index is 924. The molecule has 2 aromatic rings. The molecule has 1 heterocycles. The van der Waals surface area contributed by atoms with Crippen molar-refractivity contribution in [3.05, 3.63) is 52.3 Å². The van der Waals surface area contributed by atoms with E-state index < -0.39 is 37.5 Å². The summed E-state index contributed by atoms with van der Waals surface area (Å²) in [4.78, 5) is -0.651. The van der Waals surface area contributed by atoms with Crippen molar-refractivity contribution in [3.63, 3.8) is 0 Å². The van der Waals surface area contributed by atoms with Crippen molar-refractivity contribution < 1.29 is 31.4 Å². The summed E-state index contributed by atoms with van der Waals surface area (Å²) in [5.74, 6) is -0.655. The fraction of sp³-hybridized carbons (Fsp3) is 0.200. The lowest BCUT2D eigenvalue weighted by molar-refractivity contribution is -0.0378. The van der Waals surface area contributed by atoms with E-state index in [2.05, 4.69) is 0 Å². The number of rotatable bonds is 2. The van der Waals surface area contributed by atoms with E-state index in [4.69, 9.17) is 16.3 Å². The van der Waals surface area contributed by atoms with Gasteiger partial charge < -0.3 is 9.84 Å².